The van der Waals surface area contributed by atoms with Gasteiger partial charge in [0.25, 0.3) is 5.91 Å². The Balaban J connectivity index is 1.34. The van der Waals surface area contributed by atoms with E-state index in [0.717, 1.165) is 55.1 Å². The maximum Gasteiger partial charge on any atom is 0.257 e. The number of hydrogen-bond donors (Lipinski definition) is 1. The highest BCUT2D eigenvalue weighted by molar-refractivity contribution is 5.77. The van der Waals surface area contributed by atoms with E-state index < -0.39 is 0 Å². The van der Waals surface area contributed by atoms with Gasteiger partial charge in [-0.3, -0.25) is 9.69 Å². The van der Waals surface area contributed by atoms with Gasteiger partial charge >= 0.3 is 0 Å². The summed E-state index contributed by atoms with van der Waals surface area (Å²) in [6.07, 6.45) is 5.98. The molecule has 0 saturated carbocycles. The number of carbonyl (C=O) groups excluding carboxylic acids is 1. The van der Waals surface area contributed by atoms with Gasteiger partial charge in [0.2, 0.25) is 0 Å². The first kappa shape index (κ1) is 27.8. The summed E-state index contributed by atoms with van der Waals surface area (Å²) in [7, 11) is 3.27. The second kappa shape index (κ2) is 15.4. The van der Waals surface area contributed by atoms with Crippen LogP contribution in [0.15, 0.2) is 72.8 Å². The van der Waals surface area contributed by atoms with Gasteiger partial charge in [-0.1, -0.05) is 61.5 Å². The summed E-state index contributed by atoms with van der Waals surface area (Å²) in [6, 6.07) is 23.9. The summed E-state index contributed by atoms with van der Waals surface area (Å²) >= 11 is 0. The van der Waals surface area contributed by atoms with Crippen LogP contribution in [0.3, 0.4) is 0 Å². The molecule has 196 valence electrons. The van der Waals surface area contributed by atoms with E-state index in [0.29, 0.717) is 12.3 Å². The SMILES string of the molecule is CCN(CCCCNC(=O)COc1ccc(/C=C/c2cc(OC)cc(OC)c2)cc1)Cc1ccccc1. The first-order valence-corrected chi connectivity index (χ1v) is 12.8. The zero-order valence-electron chi connectivity index (χ0n) is 22.1. The summed E-state index contributed by atoms with van der Waals surface area (Å²) in [5.74, 6) is 2.04. The predicted molar refractivity (Wildman–Crippen MR) is 150 cm³/mol. The molecule has 0 spiro atoms. The fourth-order valence-electron chi connectivity index (χ4n) is 3.87. The molecule has 0 bridgehead atoms. The number of nitrogens with one attached hydrogen (secondary N) is 1. The number of unbranched alkanes of at least 4 members (excludes halogenated alkanes) is 1. The van der Waals surface area contributed by atoms with Gasteiger partial charge in [-0.25, -0.2) is 0 Å². The second-order valence-corrected chi connectivity index (χ2v) is 8.75. The third-order valence-electron chi connectivity index (χ3n) is 6.01. The fraction of sp³-hybridized carbons (Fsp3) is 0.323. The number of nitrogens with zero attached hydrogens (tertiary/aromatic N) is 1. The molecule has 0 aromatic heterocycles. The van der Waals surface area contributed by atoms with E-state index in [2.05, 4.69) is 41.4 Å². The van der Waals surface area contributed by atoms with Crippen molar-refractivity contribution in [3.05, 3.63) is 89.5 Å². The largest absolute Gasteiger partial charge is 0.497 e. The summed E-state index contributed by atoms with van der Waals surface area (Å²) in [4.78, 5) is 14.6. The third-order valence-corrected chi connectivity index (χ3v) is 6.01. The van der Waals surface area contributed by atoms with Gasteiger partial charge in [0.05, 0.1) is 14.2 Å². The van der Waals surface area contributed by atoms with Gasteiger partial charge in [0.15, 0.2) is 6.61 Å². The number of amides is 1. The zero-order chi connectivity index (χ0) is 26.3. The molecule has 6 nitrogen and oxygen atoms in total. The van der Waals surface area contributed by atoms with E-state index in [1.54, 1.807) is 14.2 Å². The second-order valence-electron chi connectivity index (χ2n) is 8.75. The average Bonchev–Trinajstić information content (AvgIpc) is 2.95. The van der Waals surface area contributed by atoms with Crippen molar-refractivity contribution in [1.82, 2.24) is 10.2 Å². The van der Waals surface area contributed by atoms with Crippen LogP contribution in [0, 0.1) is 0 Å². The molecule has 0 fully saturated rings. The average molecular weight is 503 g/mol. The molecular weight excluding hydrogens is 464 g/mol. The molecule has 0 unspecified atom stereocenters. The third kappa shape index (κ3) is 10.0. The minimum Gasteiger partial charge on any atom is -0.497 e. The molecule has 3 aromatic rings. The zero-order valence-corrected chi connectivity index (χ0v) is 22.1. The first-order valence-electron chi connectivity index (χ1n) is 12.8. The van der Waals surface area contributed by atoms with Crippen LogP contribution >= 0.6 is 0 Å². The highest BCUT2D eigenvalue weighted by atomic mass is 16.5. The molecule has 3 rings (SSSR count). The van der Waals surface area contributed by atoms with E-state index in [9.17, 15) is 4.79 Å². The Morgan fingerprint density at radius 2 is 1.51 bits per heavy atom. The number of hydrogen-bond acceptors (Lipinski definition) is 5. The Labute approximate surface area is 220 Å². The highest BCUT2D eigenvalue weighted by Crippen LogP contribution is 2.24. The predicted octanol–water partition coefficient (Wildman–Crippen LogP) is 5.67. The van der Waals surface area contributed by atoms with Crippen molar-refractivity contribution in [2.24, 2.45) is 0 Å². The Morgan fingerprint density at radius 1 is 0.838 bits per heavy atom. The molecule has 0 radical (unpaired) electrons. The molecule has 0 heterocycles. The summed E-state index contributed by atoms with van der Waals surface area (Å²) in [5, 5.41) is 2.95. The number of ether oxygens (including phenoxy) is 3. The lowest BCUT2D eigenvalue weighted by molar-refractivity contribution is -0.123. The van der Waals surface area contributed by atoms with Gasteiger partial charge in [0.1, 0.15) is 17.2 Å². The lowest BCUT2D eigenvalue weighted by Gasteiger charge is -2.20. The monoisotopic (exact) mass is 502 g/mol. The van der Waals surface area contributed by atoms with Gasteiger partial charge in [-0.05, 0) is 66.9 Å². The molecule has 0 saturated heterocycles. The van der Waals surface area contributed by atoms with Crippen molar-refractivity contribution in [3.63, 3.8) is 0 Å². The minimum atomic E-state index is -0.104. The molecule has 37 heavy (non-hydrogen) atoms. The fourth-order valence-corrected chi connectivity index (χ4v) is 3.87. The number of rotatable bonds is 15. The molecule has 0 aliphatic rings. The quantitative estimate of drug-likeness (QED) is 0.214. The van der Waals surface area contributed by atoms with Crippen LogP contribution in [0.5, 0.6) is 17.2 Å². The van der Waals surface area contributed by atoms with Crippen LogP contribution in [-0.2, 0) is 11.3 Å². The summed E-state index contributed by atoms with van der Waals surface area (Å²) < 4.78 is 16.3. The van der Waals surface area contributed by atoms with Crippen LogP contribution < -0.4 is 19.5 Å². The topological polar surface area (TPSA) is 60.0 Å². The van der Waals surface area contributed by atoms with Crippen LogP contribution in [0.4, 0.5) is 0 Å². The minimum absolute atomic E-state index is 0.00782. The standard InChI is InChI=1S/C31H38N2O4/c1-4-33(23-26-10-6-5-7-11-26)19-9-8-18-32-31(34)24-37-28-16-14-25(15-17-28)12-13-27-20-29(35-2)22-30(21-27)36-3/h5-7,10-17,20-22H,4,8-9,18-19,23-24H2,1-3H3,(H,32,34)/b13-12+. The van der Waals surface area contributed by atoms with Crippen LogP contribution in [0.25, 0.3) is 12.2 Å². The Bertz CT molecular complexity index is 1090. The van der Waals surface area contributed by atoms with Crippen molar-refractivity contribution < 1.29 is 19.0 Å². The molecular formula is C31H38N2O4. The maximum atomic E-state index is 12.2. The van der Waals surface area contributed by atoms with Crippen molar-refractivity contribution in [3.8, 4) is 17.2 Å². The van der Waals surface area contributed by atoms with Gasteiger partial charge < -0.3 is 19.5 Å². The van der Waals surface area contributed by atoms with Gasteiger partial charge in [0, 0.05) is 19.2 Å². The van der Waals surface area contributed by atoms with Crippen molar-refractivity contribution >= 4 is 18.1 Å². The van der Waals surface area contributed by atoms with Gasteiger partial charge in [-0.2, -0.15) is 0 Å². The number of carbonyl (C=O) groups is 1. The van der Waals surface area contributed by atoms with Crippen LogP contribution in [0.2, 0.25) is 0 Å². The highest BCUT2D eigenvalue weighted by Gasteiger charge is 2.05. The molecule has 0 atom stereocenters. The summed E-state index contributed by atoms with van der Waals surface area (Å²) in [6.45, 7) is 5.84. The van der Waals surface area contributed by atoms with Crippen LogP contribution in [-0.4, -0.2) is 51.3 Å². The van der Waals surface area contributed by atoms with Crippen molar-refractivity contribution in [2.45, 2.75) is 26.3 Å². The van der Waals surface area contributed by atoms with E-state index in [1.807, 2.05) is 60.7 Å². The van der Waals surface area contributed by atoms with Gasteiger partial charge in [-0.15, -0.1) is 0 Å². The molecule has 1 amide bonds. The lowest BCUT2D eigenvalue weighted by Crippen LogP contribution is -2.30. The number of methoxy groups -OCH3 is 2. The Hall–Kier alpha value is -3.77. The summed E-state index contributed by atoms with van der Waals surface area (Å²) in [5.41, 5.74) is 3.33. The van der Waals surface area contributed by atoms with Crippen LogP contribution in [0.1, 0.15) is 36.5 Å². The lowest BCUT2D eigenvalue weighted by atomic mass is 10.1. The normalized spacial score (nSPS) is 11.0. The van der Waals surface area contributed by atoms with E-state index in [-0.39, 0.29) is 12.5 Å². The van der Waals surface area contributed by atoms with E-state index >= 15 is 0 Å². The molecule has 1 N–H and O–H groups in total. The molecule has 0 aliphatic carbocycles. The molecule has 0 aliphatic heterocycles. The molecule has 6 heteroatoms. The van der Waals surface area contributed by atoms with E-state index in [1.165, 1.54) is 5.56 Å². The van der Waals surface area contributed by atoms with E-state index in [4.69, 9.17) is 14.2 Å². The smallest absolute Gasteiger partial charge is 0.257 e. The van der Waals surface area contributed by atoms with Crippen molar-refractivity contribution in [1.29, 1.82) is 0 Å². The Morgan fingerprint density at radius 3 is 2.16 bits per heavy atom. The van der Waals surface area contributed by atoms with Crippen molar-refractivity contribution in [2.75, 3.05) is 40.5 Å². The first-order chi connectivity index (χ1) is 18.1. The molecule has 3 aromatic carbocycles. The maximum absolute atomic E-state index is 12.2. The number of benzene rings is 3. The Kier molecular flexibility index (Phi) is 11.5.